The summed E-state index contributed by atoms with van der Waals surface area (Å²) in [6, 6.07) is 0. The van der Waals surface area contributed by atoms with Gasteiger partial charge in [0.25, 0.3) is 7.37 Å². The monoisotopic (exact) mass is 266 g/mol. The third-order valence-corrected chi connectivity index (χ3v) is 4.84. The Morgan fingerprint density at radius 3 is 1.71 bits per heavy atom. The molecule has 0 aromatic rings. The quantitative estimate of drug-likeness (QED) is 0.445. The Balaban J connectivity index is 4.67. The van der Waals surface area contributed by atoms with Crippen molar-refractivity contribution in [3.05, 3.63) is 0 Å². The van der Waals surface area contributed by atoms with Crippen molar-refractivity contribution in [1.82, 2.24) is 0 Å². The molecular formula is C12H27O4P. The molecule has 1 atom stereocenters. The summed E-state index contributed by atoms with van der Waals surface area (Å²) < 4.78 is 29.2. The second-order valence-electron chi connectivity index (χ2n) is 4.27. The molecule has 0 bridgehead atoms. The standard InChI is InChI=1S/C12H27O4P/c1-6-9-14-12(4,15-10-7-2)17(5,13)16-11-8-3/h6-11H2,1-5H3. The Hall–Kier alpha value is 0.110. The summed E-state index contributed by atoms with van der Waals surface area (Å²) in [4.78, 5) is 0. The van der Waals surface area contributed by atoms with Crippen molar-refractivity contribution in [2.75, 3.05) is 26.5 Å². The van der Waals surface area contributed by atoms with Crippen LogP contribution in [-0.4, -0.2) is 32.0 Å². The van der Waals surface area contributed by atoms with Gasteiger partial charge in [-0.05, 0) is 26.2 Å². The van der Waals surface area contributed by atoms with E-state index in [9.17, 15) is 4.57 Å². The zero-order chi connectivity index (χ0) is 13.4. The lowest BCUT2D eigenvalue weighted by Gasteiger charge is -2.34. The van der Waals surface area contributed by atoms with Crippen molar-refractivity contribution in [3.8, 4) is 0 Å². The Morgan fingerprint density at radius 2 is 1.35 bits per heavy atom. The summed E-state index contributed by atoms with van der Waals surface area (Å²) in [5.74, 6) is 0. The highest BCUT2D eigenvalue weighted by atomic mass is 31.2. The fourth-order valence-corrected chi connectivity index (χ4v) is 2.66. The lowest BCUT2D eigenvalue weighted by Crippen LogP contribution is -2.34. The van der Waals surface area contributed by atoms with Gasteiger partial charge in [-0.25, -0.2) is 0 Å². The van der Waals surface area contributed by atoms with E-state index in [0.29, 0.717) is 19.8 Å². The number of ether oxygens (including phenoxy) is 2. The molecule has 0 aliphatic heterocycles. The topological polar surface area (TPSA) is 44.8 Å². The van der Waals surface area contributed by atoms with Crippen LogP contribution in [0.1, 0.15) is 47.0 Å². The van der Waals surface area contributed by atoms with Gasteiger partial charge in [0.05, 0.1) is 19.8 Å². The average molecular weight is 266 g/mol. The zero-order valence-electron chi connectivity index (χ0n) is 11.8. The van der Waals surface area contributed by atoms with Crippen LogP contribution in [0.15, 0.2) is 0 Å². The number of hydrogen-bond donors (Lipinski definition) is 0. The first-order valence-corrected chi connectivity index (χ1v) is 8.50. The molecule has 4 nitrogen and oxygen atoms in total. The van der Waals surface area contributed by atoms with Crippen molar-refractivity contribution < 1.29 is 18.6 Å². The van der Waals surface area contributed by atoms with E-state index < -0.39 is 12.9 Å². The first kappa shape index (κ1) is 17.1. The van der Waals surface area contributed by atoms with E-state index in [4.69, 9.17) is 14.0 Å². The van der Waals surface area contributed by atoms with Gasteiger partial charge in [0.2, 0.25) is 5.53 Å². The summed E-state index contributed by atoms with van der Waals surface area (Å²) in [6.07, 6.45) is 2.55. The molecule has 0 aliphatic rings. The molecule has 0 radical (unpaired) electrons. The molecule has 0 fully saturated rings. The highest BCUT2D eigenvalue weighted by Gasteiger charge is 2.44. The molecule has 0 spiro atoms. The molecule has 104 valence electrons. The van der Waals surface area contributed by atoms with E-state index in [0.717, 1.165) is 19.3 Å². The van der Waals surface area contributed by atoms with Crippen molar-refractivity contribution >= 4 is 7.37 Å². The largest absolute Gasteiger partial charge is 0.342 e. The minimum atomic E-state index is -2.93. The Kier molecular flexibility index (Phi) is 8.31. The third-order valence-electron chi connectivity index (χ3n) is 2.43. The Bertz CT molecular complexity index is 235. The van der Waals surface area contributed by atoms with Gasteiger partial charge in [-0.1, -0.05) is 20.8 Å². The Morgan fingerprint density at radius 1 is 0.941 bits per heavy atom. The molecule has 0 aliphatic carbocycles. The molecule has 17 heavy (non-hydrogen) atoms. The van der Waals surface area contributed by atoms with Gasteiger partial charge in [-0.2, -0.15) is 0 Å². The van der Waals surface area contributed by atoms with Gasteiger partial charge in [-0.3, -0.25) is 4.57 Å². The lowest BCUT2D eigenvalue weighted by molar-refractivity contribution is -0.173. The molecule has 1 unspecified atom stereocenters. The summed E-state index contributed by atoms with van der Waals surface area (Å²) in [5.41, 5.74) is -1.12. The normalized spacial score (nSPS) is 15.8. The summed E-state index contributed by atoms with van der Waals surface area (Å²) in [5, 5.41) is 0. The second-order valence-corrected chi connectivity index (χ2v) is 7.04. The molecule has 0 saturated carbocycles. The second kappa shape index (κ2) is 8.25. The van der Waals surface area contributed by atoms with Gasteiger partial charge in [0, 0.05) is 6.66 Å². The van der Waals surface area contributed by atoms with E-state index in [-0.39, 0.29) is 0 Å². The molecule has 0 amide bonds. The summed E-state index contributed by atoms with van der Waals surface area (Å²) in [6.45, 7) is 10.8. The third kappa shape index (κ3) is 5.52. The highest BCUT2D eigenvalue weighted by Crippen LogP contribution is 2.57. The Labute approximate surface area is 105 Å². The van der Waals surface area contributed by atoms with Crippen molar-refractivity contribution in [2.24, 2.45) is 0 Å². The van der Waals surface area contributed by atoms with Crippen molar-refractivity contribution in [3.63, 3.8) is 0 Å². The van der Waals surface area contributed by atoms with Gasteiger partial charge in [0.15, 0.2) is 0 Å². The van der Waals surface area contributed by atoms with Crippen molar-refractivity contribution in [1.29, 1.82) is 0 Å². The molecule has 5 heteroatoms. The number of hydrogen-bond acceptors (Lipinski definition) is 4. The average Bonchev–Trinajstić information content (AvgIpc) is 2.31. The van der Waals surface area contributed by atoms with Crippen LogP contribution in [0.3, 0.4) is 0 Å². The van der Waals surface area contributed by atoms with E-state index in [1.54, 1.807) is 13.6 Å². The minimum absolute atomic E-state index is 0.467. The van der Waals surface area contributed by atoms with E-state index >= 15 is 0 Å². The SMILES string of the molecule is CCCOC(C)(OCCC)P(C)(=O)OCCC. The van der Waals surface area contributed by atoms with Crippen LogP contribution in [0, 0.1) is 0 Å². The maximum Gasteiger partial charge on any atom is 0.257 e. The van der Waals surface area contributed by atoms with Crippen molar-refractivity contribution in [2.45, 2.75) is 52.5 Å². The zero-order valence-corrected chi connectivity index (χ0v) is 12.7. The van der Waals surface area contributed by atoms with Gasteiger partial charge < -0.3 is 14.0 Å². The van der Waals surface area contributed by atoms with Crippen LogP contribution in [0.5, 0.6) is 0 Å². The van der Waals surface area contributed by atoms with Crippen LogP contribution in [0.25, 0.3) is 0 Å². The summed E-state index contributed by atoms with van der Waals surface area (Å²) >= 11 is 0. The molecule has 0 saturated heterocycles. The van der Waals surface area contributed by atoms with Gasteiger partial charge in [0.1, 0.15) is 0 Å². The molecule has 0 aromatic carbocycles. The molecular weight excluding hydrogens is 239 g/mol. The predicted octanol–water partition coefficient (Wildman–Crippen LogP) is 3.85. The van der Waals surface area contributed by atoms with E-state index in [1.807, 2.05) is 20.8 Å². The molecule has 0 aromatic heterocycles. The highest BCUT2D eigenvalue weighted by molar-refractivity contribution is 7.59. The van der Waals surface area contributed by atoms with Crippen LogP contribution in [-0.2, 0) is 18.6 Å². The van der Waals surface area contributed by atoms with Crippen LogP contribution in [0.4, 0.5) is 0 Å². The van der Waals surface area contributed by atoms with Gasteiger partial charge in [-0.15, -0.1) is 0 Å². The van der Waals surface area contributed by atoms with Crippen LogP contribution in [0.2, 0.25) is 0 Å². The predicted molar refractivity (Wildman–Crippen MR) is 70.7 cm³/mol. The van der Waals surface area contributed by atoms with E-state index in [1.165, 1.54) is 0 Å². The smallest absolute Gasteiger partial charge is 0.257 e. The first-order valence-electron chi connectivity index (χ1n) is 6.43. The van der Waals surface area contributed by atoms with E-state index in [2.05, 4.69) is 0 Å². The number of rotatable bonds is 10. The van der Waals surface area contributed by atoms with Gasteiger partial charge >= 0.3 is 0 Å². The summed E-state index contributed by atoms with van der Waals surface area (Å²) in [7, 11) is -2.93. The maximum atomic E-state index is 12.5. The van der Waals surface area contributed by atoms with Crippen LogP contribution < -0.4 is 0 Å². The molecule has 0 rings (SSSR count). The molecule has 0 N–H and O–H groups in total. The lowest BCUT2D eigenvalue weighted by atomic mass is 10.5. The first-order chi connectivity index (χ1) is 7.93. The maximum absolute atomic E-state index is 12.5. The van der Waals surface area contributed by atoms with Crippen LogP contribution >= 0.6 is 7.37 Å². The fourth-order valence-electron chi connectivity index (χ4n) is 1.24. The molecule has 0 heterocycles. The minimum Gasteiger partial charge on any atom is -0.342 e. The fraction of sp³-hybridized carbons (Fsp3) is 1.00.